The summed E-state index contributed by atoms with van der Waals surface area (Å²) >= 11 is 0. The molecule has 0 aliphatic heterocycles. The van der Waals surface area contributed by atoms with Gasteiger partial charge in [0.2, 0.25) is 0 Å². The summed E-state index contributed by atoms with van der Waals surface area (Å²) in [6.45, 7) is 6.14. The van der Waals surface area contributed by atoms with Crippen LogP contribution in [0, 0.1) is 11.3 Å². The molecule has 0 saturated carbocycles. The van der Waals surface area contributed by atoms with Crippen molar-refractivity contribution in [3.63, 3.8) is 0 Å². The van der Waals surface area contributed by atoms with Crippen molar-refractivity contribution in [2.45, 2.75) is 32.8 Å². The number of benzene rings is 2. The van der Waals surface area contributed by atoms with Crippen molar-refractivity contribution in [3.8, 4) is 22.9 Å². The van der Waals surface area contributed by atoms with E-state index < -0.39 is 0 Å². The largest absolute Gasteiger partial charge is 0.486 e. The number of hydrogen-bond donors (Lipinski definition) is 0. The molecule has 2 aromatic carbocycles. The molecular formula is C18H19NO. The predicted octanol–water partition coefficient (Wildman–Crippen LogP) is 4.79. The van der Waals surface area contributed by atoms with Crippen LogP contribution in [0.5, 0.6) is 5.75 Å². The van der Waals surface area contributed by atoms with E-state index >= 15 is 0 Å². The summed E-state index contributed by atoms with van der Waals surface area (Å²) in [5.41, 5.74) is 2.27. The van der Waals surface area contributed by atoms with Crippen molar-refractivity contribution in [2.24, 2.45) is 0 Å². The van der Waals surface area contributed by atoms with Crippen LogP contribution in [-0.4, -0.2) is 5.60 Å². The lowest BCUT2D eigenvalue weighted by atomic mass is 9.99. The van der Waals surface area contributed by atoms with Gasteiger partial charge in [0, 0.05) is 5.56 Å². The topological polar surface area (TPSA) is 33.0 Å². The second kappa shape index (κ2) is 5.79. The monoisotopic (exact) mass is 265 g/mol. The molecule has 0 aliphatic rings. The number of hydrogen-bond acceptors (Lipinski definition) is 2. The number of nitriles is 1. The maximum absolute atomic E-state index is 9.50. The zero-order valence-electron chi connectivity index (χ0n) is 12.2. The van der Waals surface area contributed by atoms with E-state index in [0.29, 0.717) is 11.3 Å². The van der Waals surface area contributed by atoms with E-state index in [1.54, 1.807) is 0 Å². The molecule has 0 bridgehead atoms. The average molecular weight is 265 g/mol. The summed E-state index contributed by atoms with van der Waals surface area (Å²) < 4.78 is 6.01. The highest BCUT2D eigenvalue weighted by Gasteiger charge is 2.20. The Morgan fingerprint density at radius 2 is 1.75 bits per heavy atom. The standard InChI is InChI=1S/C18H19NO/c1-4-18(2,3)20-17-12-8-11-15(16(17)13-19)14-9-6-5-7-10-14/h5-12H,4H2,1-3H3. The summed E-state index contributed by atoms with van der Waals surface area (Å²) in [6, 6.07) is 18.0. The Morgan fingerprint density at radius 1 is 1.05 bits per heavy atom. The SMILES string of the molecule is CCC(C)(C)Oc1cccc(-c2ccccc2)c1C#N. The van der Waals surface area contributed by atoms with Gasteiger partial charge in [-0.25, -0.2) is 0 Å². The third-order valence-electron chi connectivity index (χ3n) is 3.46. The fraction of sp³-hybridized carbons (Fsp3) is 0.278. The van der Waals surface area contributed by atoms with Crippen molar-refractivity contribution in [1.82, 2.24) is 0 Å². The Labute approximate surface area is 120 Å². The van der Waals surface area contributed by atoms with Crippen molar-refractivity contribution in [3.05, 3.63) is 54.1 Å². The molecule has 0 heterocycles. The number of ether oxygens (including phenoxy) is 1. The first-order valence-corrected chi connectivity index (χ1v) is 6.85. The lowest BCUT2D eigenvalue weighted by Gasteiger charge is -2.26. The first-order chi connectivity index (χ1) is 9.57. The van der Waals surface area contributed by atoms with E-state index in [-0.39, 0.29) is 5.60 Å². The van der Waals surface area contributed by atoms with Gasteiger partial charge in [0.1, 0.15) is 23.0 Å². The van der Waals surface area contributed by atoms with Gasteiger partial charge in [0.25, 0.3) is 0 Å². The van der Waals surface area contributed by atoms with Gasteiger partial charge in [-0.15, -0.1) is 0 Å². The van der Waals surface area contributed by atoms with Gasteiger partial charge in [0.05, 0.1) is 0 Å². The Balaban J connectivity index is 2.49. The summed E-state index contributed by atoms with van der Waals surface area (Å²) in [6.07, 6.45) is 0.882. The molecule has 0 amide bonds. The van der Waals surface area contributed by atoms with Crippen LogP contribution in [0.2, 0.25) is 0 Å². The van der Waals surface area contributed by atoms with Gasteiger partial charge in [0.15, 0.2) is 0 Å². The molecule has 2 heteroatoms. The predicted molar refractivity (Wildman–Crippen MR) is 81.6 cm³/mol. The quantitative estimate of drug-likeness (QED) is 0.796. The zero-order chi connectivity index (χ0) is 14.6. The Bertz CT molecular complexity index is 624. The van der Waals surface area contributed by atoms with Crippen molar-refractivity contribution >= 4 is 0 Å². The molecule has 0 fully saturated rings. The van der Waals surface area contributed by atoms with Gasteiger partial charge in [-0.3, -0.25) is 0 Å². The van der Waals surface area contributed by atoms with E-state index in [0.717, 1.165) is 17.5 Å². The van der Waals surface area contributed by atoms with Crippen LogP contribution in [0.3, 0.4) is 0 Å². The molecule has 0 unspecified atom stereocenters. The molecule has 2 aromatic rings. The Kier molecular flexibility index (Phi) is 4.10. The van der Waals surface area contributed by atoms with E-state index in [1.807, 2.05) is 62.4 Å². The number of rotatable bonds is 4. The maximum Gasteiger partial charge on any atom is 0.138 e. The molecular weight excluding hydrogens is 246 g/mol. The first-order valence-electron chi connectivity index (χ1n) is 6.85. The highest BCUT2D eigenvalue weighted by atomic mass is 16.5. The van der Waals surface area contributed by atoms with Crippen molar-refractivity contribution in [2.75, 3.05) is 0 Å². The normalized spacial score (nSPS) is 10.9. The maximum atomic E-state index is 9.50. The molecule has 0 atom stereocenters. The fourth-order valence-corrected chi connectivity index (χ4v) is 1.96. The molecule has 2 rings (SSSR count). The van der Waals surface area contributed by atoms with Crippen LogP contribution in [-0.2, 0) is 0 Å². The lowest BCUT2D eigenvalue weighted by Crippen LogP contribution is -2.27. The highest BCUT2D eigenvalue weighted by Crippen LogP contribution is 2.32. The minimum Gasteiger partial charge on any atom is -0.486 e. The Morgan fingerprint density at radius 3 is 2.35 bits per heavy atom. The second-order valence-corrected chi connectivity index (χ2v) is 5.37. The lowest BCUT2D eigenvalue weighted by molar-refractivity contribution is 0.105. The first kappa shape index (κ1) is 14.1. The molecule has 0 radical (unpaired) electrons. The summed E-state index contributed by atoms with van der Waals surface area (Å²) in [5, 5.41) is 9.50. The third-order valence-corrected chi connectivity index (χ3v) is 3.46. The van der Waals surface area contributed by atoms with Crippen LogP contribution in [0.4, 0.5) is 0 Å². The molecule has 0 N–H and O–H groups in total. The van der Waals surface area contributed by atoms with Gasteiger partial charge < -0.3 is 4.74 Å². The average Bonchev–Trinajstić information content (AvgIpc) is 2.47. The minimum atomic E-state index is -0.277. The van der Waals surface area contributed by atoms with Crippen molar-refractivity contribution in [1.29, 1.82) is 5.26 Å². The molecule has 2 nitrogen and oxygen atoms in total. The van der Waals surface area contributed by atoms with Crippen LogP contribution in [0.25, 0.3) is 11.1 Å². The van der Waals surface area contributed by atoms with Crippen LogP contribution < -0.4 is 4.74 Å². The third kappa shape index (κ3) is 3.00. The highest BCUT2D eigenvalue weighted by molar-refractivity contribution is 5.73. The summed E-state index contributed by atoms with van der Waals surface area (Å²) in [5.74, 6) is 0.653. The van der Waals surface area contributed by atoms with Gasteiger partial charge in [-0.05, 0) is 31.9 Å². The van der Waals surface area contributed by atoms with E-state index in [4.69, 9.17) is 4.74 Å². The van der Waals surface area contributed by atoms with Gasteiger partial charge in [-0.2, -0.15) is 5.26 Å². The smallest absolute Gasteiger partial charge is 0.138 e. The van der Waals surface area contributed by atoms with Crippen molar-refractivity contribution < 1.29 is 4.74 Å². The van der Waals surface area contributed by atoms with Crippen LogP contribution in [0.1, 0.15) is 32.8 Å². The summed E-state index contributed by atoms with van der Waals surface area (Å²) in [4.78, 5) is 0. The van der Waals surface area contributed by atoms with E-state index in [2.05, 4.69) is 13.0 Å². The van der Waals surface area contributed by atoms with Crippen LogP contribution >= 0.6 is 0 Å². The molecule has 0 spiro atoms. The second-order valence-electron chi connectivity index (χ2n) is 5.37. The van der Waals surface area contributed by atoms with E-state index in [9.17, 15) is 5.26 Å². The minimum absolute atomic E-state index is 0.277. The Hall–Kier alpha value is -2.27. The molecule has 0 aromatic heterocycles. The summed E-state index contributed by atoms with van der Waals surface area (Å²) in [7, 11) is 0. The van der Waals surface area contributed by atoms with Gasteiger partial charge in [-0.1, -0.05) is 49.4 Å². The molecule has 20 heavy (non-hydrogen) atoms. The molecule has 0 aliphatic carbocycles. The van der Waals surface area contributed by atoms with Gasteiger partial charge >= 0.3 is 0 Å². The van der Waals surface area contributed by atoms with E-state index in [1.165, 1.54) is 0 Å². The number of nitrogens with zero attached hydrogens (tertiary/aromatic N) is 1. The van der Waals surface area contributed by atoms with Crippen LogP contribution in [0.15, 0.2) is 48.5 Å². The molecule has 0 saturated heterocycles. The fourth-order valence-electron chi connectivity index (χ4n) is 1.96. The molecule has 102 valence electrons. The zero-order valence-corrected chi connectivity index (χ0v) is 12.2.